The first-order chi connectivity index (χ1) is 7.54. The molecule has 2 rings (SSSR count). The summed E-state index contributed by atoms with van der Waals surface area (Å²) in [5.74, 6) is 0.607. The molecular weight excluding hydrogens is 294 g/mol. The Labute approximate surface area is 103 Å². The highest BCUT2D eigenvalue weighted by Gasteiger charge is 2.36. The lowest BCUT2D eigenvalue weighted by Gasteiger charge is -2.11. The zero-order valence-corrected chi connectivity index (χ0v) is 11.1. The molecule has 1 aromatic carbocycles. The van der Waals surface area contributed by atoms with Gasteiger partial charge >= 0.3 is 0 Å². The van der Waals surface area contributed by atoms with E-state index in [2.05, 4.69) is 20.7 Å². The van der Waals surface area contributed by atoms with Crippen molar-refractivity contribution < 1.29 is 13.2 Å². The van der Waals surface area contributed by atoms with Crippen LogP contribution in [0.15, 0.2) is 22.7 Å². The fourth-order valence-corrected chi connectivity index (χ4v) is 3.42. The number of hydrogen-bond donors (Lipinski definition) is 1. The largest absolute Gasteiger partial charge is 0.495 e. The van der Waals surface area contributed by atoms with Gasteiger partial charge in [-0.2, -0.15) is 0 Å². The number of benzene rings is 1. The second kappa shape index (κ2) is 4.25. The van der Waals surface area contributed by atoms with Crippen LogP contribution in [0.1, 0.15) is 12.8 Å². The van der Waals surface area contributed by atoms with E-state index in [1.54, 1.807) is 25.3 Å². The van der Waals surface area contributed by atoms with Crippen LogP contribution in [0, 0.1) is 0 Å². The summed E-state index contributed by atoms with van der Waals surface area (Å²) in [6, 6.07) is 5.21. The highest BCUT2D eigenvalue weighted by molar-refractivity contribution is 9.10. The zero-order valence-electron chi connectivity index (χ0n) is 8.73. The summed E-state index contributed by atoms with van der Waals surface area (Å²) in [7, 11) is -1.68. The third kappa shape index (κ3) is 2.32. The number of methoxy groups -OCH3 is 1. The molecular formula is C10H12BrNO3S. The Morgan fingerprint density at radius 1 is 1.44 bits per heavy atom. The Balaban J connectivity index is 2.27. The van der Waals surface area contributed by atoms with E-state index in [1.807, 2.05) is 0 Å². The van der Waals surface area contributed by atoms with Crippen molar-refractivity contribution in [3.8, 4) is 5.75 Å². The van der Waals surface area contributed by atoms with Crippen LogP contribution < -0.4 is 9.46 Å². The summed E-state index contributed by atoms with van der Waals surface area (Å²) in [5.41, 5.74) is 0.520. The van der Waals surface area contributed by atoms with E-state index in [4.69, 9.17) is 4.74 Å². The molecule has 0 heterocycles. The van der Waals surface area contributed by atoms with Gasteiger partial charge < -0.3 is 4.74 Å². The minimum Gasteiger partial charge on any atom is -0.495 e. The first-order valence-corrected chi connectivity index (χ1v) is 7.22. The second-order valence-electron chi connectivity index (χ2n) is 3.67. The minimum absolute atomic E-state index is 0.231. The molecule has 0 bridgehead atoms. The van der Waals surface area contributed by atoms with Crippen molar-refractivity contribution in [1.82, 2.24) is 0 Å². The Morgan fingerprint density at radius 3 is 2.69 bits per heavy atom. The van der Waals surface area contributed by atoms with E-state index in [9.17, 15) is 8.42 Å². The van der Waals surface area contributed by atoms with Crippen LogP contribution in [0.3, 0.4) is 0 Å². The third-order valence-electron chi connectivity index (χ3n) is 2.40. The van der Waals surface area contributed by atoms with Crippen molar-refractivity contribution in [3.63, 3.8) is 0 Å². The fraction of sp³-hybridized carbons (Fsp3) is 0.400. The molecule has 0 unspecified atom stereocenters. The number of sulfonamides is 1. The van der Waals surface area contributed by atoms with E-state index in [0.29, 0.717) is 15.9 Å². The lowest BCUT2D eigenvalue weighted by molar-refractivity contribution is 0.412. The average molecular weight is 306 g/mol. The van der Waals surface area contributed by atoms with Crippen molar-refractivity contribution in [2.75, 3.05) is 11.8 Å². The van der Waals surface area contributed by atoms with Gasteiger partial charge in [-0.05, 0) is 40.9 Å². The molecule has 0 radical (unpaired) electrons. The molecule has 16 heavy (non-hydrogen) atoms. The highest BCUT2D eigenvalue weighted by Crippen LogP contribution is 2.35. The molecule has 1 aromatic rings. The number of anilines is 1. The molecule has 0 aliphatic heterocycles. The van der Waals surface area contributed by atoms with Gasteiger partial charge in [-0.25, -0.2) is 8.42 Å². The van der Waals surface area contributed by atoms with Crippen LogP contribution in [0.4, 0.5) is 5.69 Å². The lowest BCUT2D eigenvalue weighted by Crippen LogP contribution is -2.17. The summed E-state index contributed by atoms with van der Waals surface area (Å²) >= 11 is 3.31. The number of rotatable bonds is 4. The van der Waals surface area contributed by atoms with E-state index >= 15 is 0 Å². The van der Waals surface area contributed by atoms with Crippen LogP contribution in [0.5, 0.6) is 5.75 Å². The minimum atomic E-state index is -3.22. The number of hydrogen-bond acceptors (Lipinski definition) is 3. The SMILES string of the molecule is COc1cccc(NS(=O)(=O)C2CC2)c1Br. The number of ether oxygens (including phenoxy) is 1. The summed E-state index contributed by atoms with van der Waals surface area (Å²) in [5, 5.41) is -0.231. The van der Waals surface area contributed by atoms with Gasteiger partial charge in [0.2, 0.25) is 10.0 Å². The topological polar surface area (TPSA) is 55.4 Å². The van der Waals surface area contributed by atoms with Crippen molar-refractivity contribution in [2.24, 2.45) is 0 Å². The fourth-order valence-electron chi connectivity index (χ4n) is 1.36. The van der Waals surface area contributed by atoms with Crippen LogP contribution in [-0.2, 0) is 10.0 Å². The molecule has 0 aromatic heterocycles. The van der Waals surface area contributed by atoms with Crippen molar-refractivity contribution >= 4 is 31.6 Å². The zero-order chi connectivity index (χ0) is 11.8. The van der Waals surface area contributed by atoms with Gasteiger partial charge in [0.1, 0.15) is 5.75 Å². The van der Waals surface area contributed by atoms with Crippen LogP contribution in [0.2, 0.25) is 0 Å². The summed E-state index contributed by atoms with van der Waals surface area (Å²) in [6.07, 6.45) is 1.49. The summed E-state index contributed by atoms with van der Waals surface area (Å²) < 4.78 is 31.8. The van der Waals surface area contributed by atoms with Gasteiger partial charge in [-0.15, -0.1) is 0 Å². The molecule has 88 valence electrons. The smallest absolute Gasteiger partial charge is 0.235 e. The maximum Gasteiger partial charge on any atom is 0.235 e. The van der Waals surface area contributed by atoms with Crippen molar-refractivity contribution in [2.45, 2.75) is 18.1 Å². The molecule has 1 aliphatic rings. The Morgan fingerprint density at radius 2 is 2.12 bits per heavy atom. The van der Waals surface area contributed by atoms with Gasteiger partial charge in [0.15, 0.2) is 0 Å². The molecule has 6 heteroatoms. The molecule has 0 spiro atoms. The molecule has 1 fully saturated rings. The Kier molecular flexibility index (Phi) is 3.12. The summed E-state index contributed by atoms with van der Waals surface area (Å²) in [6.45, 7) is 0. The highest BCUT2D eigenvalue weighted by atomic mass is 79.9. The number of nitrogens with one attached hydrogen (secondary N) is 1. The monoisotopic (exact) mass is 305 g/mol. The van der Waals surface area contributed by atoms with E-state index in [1.165, 1.54) is 0 Å². The third-order valence-corrected chi connectivity index (χ3v) is 5.07. The van der Waals surface area contributed by atoms with Gasteiger partial charge in [-0.1, -0.05) is 6.07 Å². The van der Waals surface area contributed by atoms with E-state index in [0.717, 1.165) is 12.8 Å². The summed E-state index contributed by atoms with van der Waals surface area (Å²) in [4.78, 5) is 0. The van der Waals surface area contributed by atoms with Gasteiger partial charge in [0.05, 0.1) is 22.5 Å². The molecule has 1 aliphatic carbocycles. The van der Waals surface area contributed by atoms with Crippen molar-refractivity contribution in [1.29, 1.82) is 0 Å². The molecule has 1 N–H and O–H groups in total. The quantitative estimate of drug-likeness (QED) is 0.929. The van der Waals surface area contributed by atoms with Crippen LogP contribution >= 0.6 is 15.9 Å². The number of halogens is 1. The maximum absolute atomic E-state index is 11.7. The molecule has 0 saturated heterocycles. The standard InChI is InChI=1S/C10H12BrNO3S/c1-15-9-4-2-3-8(10(9)11)12-16(13,14)7-5-6-7/h2-4,7,12H,5-6H2,1H3. The maximum atomic E-state index is 11.7. The molecule has 4 nitrogen and oxygen atoms in total. The lowest BCUT2D eigenvalue weighted by atomic mass is 10.3. The molecule has 0 atom stereocenters. The second-order valence-corrected chi connectivity index (χ2v) is 6.42. The predicted octanol–water partition coefficient (Wildman–Crippen LogP) is 2.36. The normalized spacial score (nSPS) is 15.9. The molecule has 1 saturated carbocycles. The van der Waals surface area contributed by atoms with E-state index < -0.39 is 10.0 Å². The van der Waals surface area contributed by atoms with Crippen LogP contribution in [-0.4, -0.2) is 20.8 Å². The van der Waals surface area contributed by atoms with E-state index in [-0.39, 0.29) is 5.25 Å². The average Bonchev–Trinajstić information content (AvgIpc) is 3.04. The first-order valence-electron chi connectivity index (χ1n) is 4.89. The first kappa shape index (κ1) is 11.7. The van der Waals surface area contributed by atoms with Gasteiger partial charge in [-0.3, -0.25) is 4.72 Å². The van der Waals surface area contributed by atoms with Gasteiger partial charge in [0.25, 0.3) is 0 Å². The Bertz CT molecular complexity index is 497. The molecule has 0 amide bonds. The van der Waals surface area contributed by atoms with Crippen LogP contribution in [0.25, 0.3) is 0 Å². The van der Waals surface area contributed by atoms with Gasteiger partial charge in [0, 0.05) is 0 Å². The van der Waals surface area contributed by atoms with Crippen molar-refractivity contribution in [3.05, 3.63) is 22.7 Å². The Hall–Kier alpha value is -0.750. The predicted molar refractivity (Wildman–Crippen MR) is 66.3 cm³/mol.